The molecule has 1 aliphatic heterocycles. The van der Waals surface area contributed by atoms with Crippen molar-refractivity contribution in [1.82, 2.24) is 10.4 Å². The molecular formula is C35H60N2O4. The summed E-state index contributed by atoms with van der Waals surface area (Å²) in [6.07, 6.45) is 17.1. The largest absolute Gasteiger partial charge is 0.466 e. The molecule has 2 rings (SSSR count). The number of unbranched alkanes of at least 4 members (excludes halogenated alkanes) is 11. The molecule has 0 spiro atoms. The number of benzene rings is 1. The van der Waals surface area contributed by atoms with Gasteiger partial charge < -0.3 is 10.1 Å². The number of carbonyl (C=O) groups excluding carboxylic acids is 2. The van der Waals surface area contributed by atoms with Crippen LogP contribution in [0, 0.1) is 0 Å². The number of esters is 1. The van der Waals surface area contributed by atoms with Crippen LogP contribution in [0.4, 0.5) is 0 Å². The quantitative estimate of drug-likeness (QED) is 0.125. The van der Waals surface area contributed by atoms with E-state index in [1.54, 1.807) is 0 Å². The van der Waals surface area contributed by atoms with Gasteiger partial charge in [0.1, 0.15) is 6.10 Å². The highest BCUT2D eigenvalue weighted by molar-refractivity contribution is 5.81. The molecule has 1 unspecified atom stereocenters. The first-order valence-electron chi connectivity index (χ1n) is 16.5. The molecule has 1 atom stereocenters. The van der Waals surface area contributed by atoms with E-state index in [1.807, 2.05) is 18.2 Å². The van der Waals surface area contributed by atoms with Crippen molar-refractivity contribution in [2.75, 3.05) is 6.61 Å². The number of rotatable bonds is 20. The van der Waals surface area contributed by atoms with Gasteiger partial charge in [0.2, 0.25) is 5.91 Å². The number of ether oxygens (including phenoxy) is 1. The van der Waals surface area contributed by atoms with Crippen LogP contribution >= 0.6 is 0 Å². The summed E-state index contributed by atoms with van der Waals surface area (Å²) in [7, 11) is 0. The van der Waals surface area contributed by atoms with Crippen LogP contribution in [0.3, 0.4) is 0 Å². The van der Waals surface area contributed by atoms with Gasteiger partial charge in [0.25, 0.3) is 0 Å². The average Bonchev–Trinajstić information content (AvgIpc) is 2.92. The molecule has 234 valence electrons. The van der Waals surface area contributed by atoms with E-state index in [1.165, 1.54) is 64.2 Å². The maximum atomic E-state index is 12.7. The fourth-order valence-electron chi connectivity index (χ4n) is 6.31. The van der Waals surface area contributed by atoms with Crippen LogP contribution in [0.5, 0.6) is 0 Å². The smallest absolute Gasteiger partial charge is 0.306 e. The molecule has 0 aliphatic carbocycles. The Hall–Kier alpha value is -1.92. The fraction of sp³-hybridized carbons (Fsp3) is 0.771. The third kappa shape index (κ3) is 13.7. The van der Waals surface area contributed by atoms with Crippen molar-refractivity contribution in [2.24, 2.45) is 0 Å². The number of amides is 1. The van der Waals surface area contributed by atoms with Crippen LogP contribution in [0.25, 0.3) is 0 Å². The highest BCUT2D eigenvalue weighted by Crippen LogP contribution is 2.40. The second-order valence-corrected chi connectivity index (χ2v) is 13.4. The number of piperidine rings is 1. The predicted molar refractivity (Wildman–Crippen MR) is 168 cm³/mol. The van der Waals surface area contributed by atoms with Crippen molar-refractivity contribution >= 4 is 11.9 Å². The summed E-state index contributed by atoms with van der Waals surface area (Å²) in [5.74, 6) is -0.363. The van der Waals surface area contributed by atoms with Gasteiger partial charge >= 0.3 is 5.97 Å². The minimum atomic E-state index is -0.276. The normalized spacial score (nSPS) is 17.7. The first-order chi connectivity index (χ1) is 19.5. The van der Waals surface area contributed by atoms with Crippen molar-refractivity contribution < 1.29 is 19.2 Å². The van der Waals surface area contributed by atoms with Crippen LogP contribution in [0.2, 0.25) is 0 Å². The summed E-state index contributed by atoms with van der Waals surface area (Å²) in [4.78, 5) is 31.4. The molecule has 1 aliphatic rings. The molecule has 1 aromatic rings. The lowest BCUT2D eigenvalue weighted by Gasteiger charge is -2.54. The van der Waals surface area contributed by atoms with Gasteiger partial charge in [0.05, 0.1) is 13.0 Å². The van der Waals surface area contributed by atoms with Crippen molar-refractivity contribution in [1.29, 1.82) is 0 Å². The second kappa shape index (κ2) is 18.6. The van der Waals surface area contributed by atoms with Gasteiger partial charge in [-0.05, 0) is 59.4 Å². The number of carbonyl (C=O) groups is 2. The average molecular weight is 573 g/mol. The number of hydrogen-bond donors (Lipinski definition) is 1. The molecule has 41 heavy (non-hydrogen) atoms. The molecule has 1 saturated heterocycles. The Morgan fingerprint density at radius 1 is 0.829 bits per heavy atom. The molecule has 6 nitrogen and oxygen atoms in total. The molecule has 6 heteroatoms. The lowest BCUT2D eigenvalue weighted by molar-refractivity contribution is -0.306. The van der Waals surface area contributed by atoms with Crippen LogP contribution in [-0.4, -0.2) is 40.7 Å². The molecule has 0 saturated carbocycles. The second-order valence-electron chi connectivity index (χ2n) is 13.4. The fourth-order valence-corrected chi connectivity index (χ4v) is 6.31. The predicted octanol–water partition coefficient (Wildman–Crippen LogP) is 8.84. The number of hydroxylamine groups is 2. The Morgan fingerprint density at radius 2 is 1.34 bits per heavy atom. The Balaban J connectivity index is 1.59. The summed E-state index contributed by atoms with van der Waals surface area (Å²) in [5, 5.41) is 5.30. The monoisotopic (exact) mass is 572 g/mol. The zero-order chi connectivity index (χ0) is 30.1. The minimum Gasteiger partial charge on any atom is -0.466 e. The molecular weight excluding hydrogens is 512 g/mol. The van der Waals surface area contributed by atoms with Crippen LogP contribution in [-0.2, 0) is 19.2 Å². The summed E-state index contributed by atoms with van der Waals surface area (Å²) in [6, 6.07) is 10.3. The molecule has 1 heterocycles. The number of nitrogens with zero attached hydrogens (tertiary/aromatic N) is 1. The van der Waals surface area contributed by atoms with E-state index in [0.29, 0.717) is 6.61 Å². The Labute approximate surface area is 251 Å². The van der Waals surface area contributed by atoms with Crippen molar-refractivity contribution in [3.63, 3.8) is 0 Å². The van der Waals surface area contributed by atoms with Gasteiger partial charge in [-0.2, -0.15) is 5.06 Å². The third-order valence-corrected chi connectivity index (χ3v) is 8.31. The summed E-state index contributed by atoms with van der Waals surface area (Å²) < 4.78 is 5.39. The lowest BCUT2D eigenvalue weighted by Crippen LogP contribution is -2.64. The van der Waals surface area contributed by atoms with Gasteiger partial charge in [-0.15, -0.1) is 0 Å². The number of nitrogens with one attached hydrogen (secondary N) is 1. The van der Waals surface area contributed by atoms with E-state index >= 15 is 0 Å². The van der Waals surface area contributed by atoms with Crippen LogP contribution < -0.4 is 5.32 Å². The minimum absolute atomic E-state index is 0.0245. The molecule has 1 N–H and O–H groups in total. The van der Waals surface area contributed by atoms with Gasteiger partial charge in [-0.3, -0.25) is 14.4 Å². The molecule has 1 aromatic carbocycles. The van der Waals surface area contributed by atoms with E-state index in [-0.39, 0.29) is 47.9 Å². The van der Waals surface area contributed by atoms with Crippen LogP contribution in [0.1, 0.15) is 156 Å². The summed E-state index contributed by atoms with van der Waals surface area (Å²) in [6.45, 7) is 13.5. The first-order valence-corrected chi connectivity index (χ1v) is 16.5. The van der Waals surface area contributed by atoms with E-state index in [2.05, 4.69) is 64.1 Å². The maximum Gasteiger partial charge on any atom is 0.306 e. The number of hydrogen-bond acceptors (Lipinski definition) is 5. The Morgan fingerprint density at radius 3 is 1.88 bits per heavy atom. The molecule has 1 fully saturated rings. The van der Waals surface area contributed by atoms with Crippen molar-refractivity contribution in [2.45, 2.75) is 167 Å². The third-order valence-electron chi connectivity index (χ3n) is 8.31. The first kappa shape index (κ1) is 35.3. The van der Waals surface area contributed by atoms with Gasteiger partial charge in [-0.25, -0.2) is 0 Å². The zero-order valence-corrected chi connectivity index (χ0v) is 27.1. The zero-order valence-electron chi connectivity index (χ0n) is 27.1. The maximum absolute atomic E-state index is 12.7. The van der Waals surface area contributed by atoms with Gasteiger partial charge in [0.15, 0.2) is 0 Å². The standard InChI is InChI=1S/C35H60N2O4/c1-7-8-9-10-11-12-13-14-15-16-17-21-26-40-33(39)25-24-32(38)36-31-27-34(3,4)37(35(5,6)28-31)41-29(2)30-22-19-18-20-23-30/h18-20,22-23,29,31H,7-17,21,24-28H2,1-6H3,(H,36,38). The van der Waals surface area contributed by atoms with Gasteiger partial charge in [-0.1, -0.05) is 108 Å². The van der Waals surface area contributed by atoms with Crippen LogP contribution in [0.15, 0.2) is 30.3 Å². The van der Waals surface area contributed by atoms with E-state index < -0.39 is 0 Å². The lowest BCUT2D eigenvalue weighted by atomic mass is 9.79. The van der Waals surface area contributed by atoms with Gasteiger partial charge in [0, 0.05) is 23.5 Å². The molecule has 1 amide bonds. The van der Waals surface area contributed by atoms with E-state index in [0.717, 1.165) is 31.2 Å². The summed E-state index contributed by atoms with van der Waals surface area (Å²) >= 11 is 0. The molecule has 0 aromatic heterocycles. The van der Waals surface area contributed by atoms with Crippen molar-refractivity contribution in [3.05, 3.63) is 35.9 Å². The highest BCUT2D eigenvalue weighted by Gasteiger charge is 2.47. The van der Waals surface area contributed by atoms with Crippen molar-refractivity contribution in [3.8, 4) is 0 Å². The Bertz CT molecular complexity index is 852. The Kier molecular flexibility index (Phi) is 16.0. The van der Waals surface area contributed by atoms with E-state index in [4.69, 9.17) is 9.57 Å². The summed E-state index contributed by atoms with van der Waals surface area (Å²) in [5.41, 5.74) is 0.603. The van der Waals surface area contributed by atoms with E-state index in [9.17, 15) is 9.59 Å². The topological polar surface area (TPSA) is 67.9 Å². The molecule has 0 radical (unpaired) electrons. The SMILES string of the molecule is CCCCCCCCCCCCCCOC(=O)CCC(=O)NC1CC(C)(C)N(OC(C)c2ccccc2)C(C)(C)C1. The molecule has 0 bridgehead atoms. The highest BCUT2D eigenvalue weighted by atomic mass is 16.7.